The first kappa shape index (κ1) is 12.8. The number of carbonyl (C=O) groups excluding carboxylic acids is 1. The molecule has 0 fully saturated rings. The SMILES string of the molecule is NC(=O)CCNc1c([N+](=O)[O-])ccc(F)c1F. The molecule has 8 heteroatoms. The number of carbonyl (C=O) groups is 1. The lowest BCUT2D eigenvalue weighted by molar-refractivity contribution is -0.384. The summed E-state index contributed by atoms with van der Waals surface area (Å²) in [6, 6.07) is 1.50. The van der Waals surface area contributed by atoms with Gasteiger partial charge in [0.25, 0.3) is 5.69 Å². The maximum atomic E-state index is 13.3. The average molecular weight is 245 g/mol. The van der Waals surface area contributed by atoms with Crippen LogP contribution in [0.25, 0.3) is 0 Å². The van der Waals surface area contributed by atoms with Crippen molar-refractivity contribution < 1.29 is 18.5 Å². The number of nitro groups is 1. The van der Waals surface area contributed by atoms with E-state index in [-0.39, 0.29) is 13.0 Å². The van der Waals surface area contributed by atoms with Crippen LogP contribution in [0.15, 0.2) is 12.1 Å². The van der Waals surface area contributed by atoms with Crippen molar-refractivity contribution in [2.45, 2.75) is 6.42 Å². The van der Waals surface area contributed by atoms with Crippen LogP contribution in [0.1, 0.15) is 6.42 Å². The van der Waals surface area contributed by atoms with Gasteiger partial charge in [0, 0.05) is 19.0 Å². The quantitative estimate of drug-likeness (QED) is 0.600. The molecule has 0 saturated heterocycles. The highest BCUT2D eigenvalue weighted by molar-refractivity contribution is 5.74. The Hall–Kier alpha value is -2.25. The van der Waals surface area contributed by atoms with E-state index in [9.17, 15) is 23.7 Å². The minimum atomic E-state index is -1.36. The summed E-state index contributed by atoms with van der Waals surface area (Å²) in [5.74, 6) is -3.22. The summed E-state index contributed by atoms with van der Waals surface area (Å²) in [6.07, 6.45) is -0.146. The van der Waals surface area contributed by atoms with Gasteiger partial charge >= 0.3 is 0 Å². The zero-order valence-corrected chi connectivity index (χ0v) is 8.57. The van der Waals surface area contributed by atoms with Crippen LogP contribution >= 0.6 is 0 Å². The number of benzene rings is 1. The van der Waals surface area contributed by atoms with Crippen LogP contribution in [0.4, 0.5) is 20.2 Å². The first-order valence-corrected chi connectivity index (χ1v) is 4.58. The maximum Gasteiger partial charge on any atom is 0.295 e. The largest absolute Gasteiger partial charge is 0.376 e. The highest BCUT2D eigenvalue weighted by atomic mass is 19.2. The van der Waals surface area contributed by atoms with Crippen LogP contribution in [-0.2, 0) is 4.79 Å². The number of hydrogen-bond donors (Lipinski definition) is 2. The standard InChI is InChI=1S/C9H9F2N3O3/c10-5-1-2-6(14(16)17)9(8(5)11)13-4-3-7(12)15/h1-2,13H,3-4H2,(H2,12,15). The monoisotopic (exact) mass is 245 g/mol. The third-order valence-corrected chi connectivity index (χ3v) is 1.94. The van der Waals surface area contributed by atoms with Gasteiger partial charge in [-0.1, -0.05) is 0 Å². The van der Waals surface area contributed by atoms with Gasteiger partial charge in [-0.3, -0.25) is 14.9 Å². The van der Waals surface area contributed by atoms with Crippen molar-refractivity contribution >= 4 is 17.3 Å². The molecule has 1 aromatic carbocycles. The van der Waals surface area contributed by atoms with Gasteiger partial charge in [0.2, 0.25) is 5.91 Å². The Balaban J connectivity index is 2.98. The third-order valence-electron chi connectivity index (χ3n) is 1.94. The number of nitrogens with two attached hydrogens (primary N) is 1. The van der Waals surface area contributed by atoms with Gasteiger partial charge in [0.1, 0.15) is 0 Å². The number of nitrogens with zero attached hydrogens (tertiary/aromatic N) is 1. The van der Waals surface area contributed by atoms with Crippen molar-refractivity contribution in [2.24, 2.45) is 5.73 Å². The van der Waals surface area contributed by atoms with E-state index in [4.69, 9.17) is 5.73 Å². The van der Waals surface area contributed by atoms with Crippen molar-refractivity contribution in [3.8, 4) is 0 Å². The van der Waals surface area contributed by atoms with Crippen LogP contribution in [-0.4, -0.2) is 17.4 Å². The Morgan fingerprint density at radius 1 is 1.47 bits per heavy atom. The minimum Gasteiger partial charge on any atom is -0.376 e. The fraction of sp³-hybridized carbons (Fsp3) is 0.222. The summed E-state index contributed by atoms with van der Waals surface area (Å²) in [7, 11) is 0. The molecule has 0 saturated carbocycles. The molecule has 1 rings (SSSR count). The van der Waals surface area contributed by atoms with Crippen LogP contribution in [0.3, 0.4) is 0 Å². The van der Waals surface area contributed by atoms with Crippen molar-refractivity contribution in [1.29, 1.82) is 0 Å². The molecular formula is C9H9F2N3O3. The van der Waals surface area contributed by atoms with E-state index in [1.807, 2.05) is 0 Å². The molecule has 0 radical (unpaired) electrons. The van der Waals surface area contributed by atoms with Gasteiger partial charge in [-0.2, -0.15) is 0 Å². The first-order chi connectivity index (χ1) is 7.93. The lowest BCUT2D eigenvalue weighted by Crippen LogP contribution is -2.17. The Kier molecular flexibility index (Phi) is 3.91. The van der Waals surface area contributed by atoms with E-state index < -0.39 is 33.8 Å². The molecule has 0 bridgehead atoms. The summed E-state index contributed by atoms with van der Waals surface area (Å²) in [4.78, 5) is 20.2. The Bertz CT molecular complexity index is 465. The summed E-state index contributed by atoms with van der Waals surface area (Å²) >= 11 is 0. The second-order valence-corrected chi connectivity index (χ2v) is 3.16. The van der Waals surface area contributed by atoms with E-state index >= 15 is 0 Å². The Labute approximate surface area is 94.6 Å². The molecule has 3 N–H and O–H groups in total. The van der Waals surface area contributed by atoms with E-state index in [1.165, 1.54) is 0 Å². The van der Waals surface area contributed by atoms with Gasteiger partial charge in [0.15, 0.2) is 17.3 Å². The fourth-order valence-corrected chi connectivity index (χ4v) is 1.17. The van der Waals surface area contributed by atoms with E-state index in [0.29, 0.717) is 6.07 Å². The van der Waals surface area contributed by atoms with Gasteiger partial charge in [0.05, 0.1) is 4.92 Å². The molecule has 1 amide bonds. The Morgan fingerprint density at radius 2 is 2.12 bits per heavy atom. The number of hydrogen-bond acceptors (Lipinski definition) is 4. The van der Waals surface area contributed by atoms with Crippen molar-refractivity contribution in [1.82, 2.24) is 0 Å². The van der Waals surface area contributed by atoms with Crippen LogP contribution in [0, 0.1) is 21.7 Å². The molecule has 0 aliphatic heterocycles. The molecule has 6 nitrogen and oxygen atoms in total. The van der Waals surface area contributed by atoms with Gasteiger partial charge in [-0.25, -0.2) is 8.78 Å². The second-order valence-electron chi connectivity index (χ2n) is 3.16. The molecule has 17 heavy (non-hydrogen) atoms. The Morgan fingerprint density at radius 3 is 2.65 bits per heavy atom. The highest BCUT2D eigenvalue weighted by Crippen LogP contribution is 2.28. The molecule has 0 spiro atoms. The first-order valence-electron chi connectivity index (χ1n) is 4.58. The molecule has 0 heterocycles. The average Bonchev–Trinajstić information content (AvgIpc) is 2.23. The molecular weight excluding hydrogens is 236 g/mol. The summed E-state index contributed by atoms with van der Waals surface area (Å²) in [6.45, 7) is -0.115. The molecule has 0 atom stereocenters. The topological polar surface area (TPSA) is 98.3 Å². The number of anilines is 1. The van der Waals surface area contributed by atoms with Crippen LogP contribution in [0.5, 0.6) is 0 Å². The number of primary amides is 1. The summed E-state index contributed by atoms with van der Waals surface area (Å²) in [5, 5.41) is 12.8. The number of amides is 1. The molecule has 0 unspecified atom stereocenters. The number of nitrogens with one attached hydrogen (secondary N) is 1. The van der Waals surface area contributed by atoms with Crippen LogP contribution in [0.2, 0.25) is 0 Å². The molecule has 0 aliphatic carbocycles. The van der Waals surface area contributed by atoms with Gasteiger partial charge in [-0.05, 0) is 6.07 Å². The van der Waals surface area contributed by atoms with Gasteiger partial charge < -0.3 is 11.1 Å². The zero-order valence-electron chi connectivity index (χ0n) is 8.57. The van der Waals surface area contributed by atoms with E-state index in [2.05, 4.69) is 5.32 Å². The molecule has 1 aromatic rings. The van der Waals surface area contributed by atoms with Gasteiger partial charge in [-0.15, -0.1) is 0 Å². The van der Waals surface area contributed by atoms with E-state index in [1.54, 1.807) is 0 Å². The minimum absolute atomic E-state index is 0.115. The van der Waals surface area contributed by atoms with Crippen LogP contribution < -0.4 is 11.1 Å². The number of rotatable bonds is 5. The second kappa shape index (κ2) is 5.19. The predicted octanol–water partition coefficient (Wildman–Crippen LogP) is 1.16. The lowest BCUT2D eigenvalue weighted by Gasteiger charge is -2.07. The molecule has 92 valence electrons. The maximum absolute atomic E-state index is 13.3. The van der Waals surface area contributed by atoms with Crippen molar-refractivity contribution in [2.75, 3.05) is 11.9 Å². The van der Waals surface area contributed by atoms with E-state index in [0.717, 1.165) is 6.07 Å². The number of halogens is 2. The normalized spacial score (nSPS) is 10.0. The summed E-state index contributed by atoms with van der Waals surface area (Å²) < 4.78 is 26.2. The third kappa shape index (κ3) is 3.10. The molecule has 0 aromatic heterocycles. The predicted molar refractivity (Wildman–Crippen MR) is 55.3 cm³/mol. The van der Waals surface area contributed by atoms with Crippen molar-refractivity contribution in [3.05, 3.63) is 33.9 Å². The molecule has 0 aliphatic rings. The van der Waals surface area contributed by atoms with Crippen molar-refractivity contribution in [3.63, 3.8) is 0 Å². The summed E-state index contributed by atoms with van der Waals surface area (Å²) in [5.41, 5.74) is 3.65. The zero-order chi connectivity index (χ0) is 13.0. The fourth-order valence-electron chi connectivity index (χ4n) is 1.17. The lowest BCUT2D eigenvalue weighted by atomic mass is 10.2. The number of nitro benzene ring substituents is 1. The highest BCUT2D eigenvalue weighted by Gasteiger charge is 2.21. The smallest absolute Gasteiger partial charge is 0.295 e.